The van der Waals surface area contributed by atoms with Crippen LogP contribution in [-0.2, 0) is 12.8 Å². The predicted octanol–water partition coefficient (Wildman–Crippen LogP) is 6.68. The van der Waals surface area contributed by atoms with Crippen molar-refractivity contribution in [3.63, 3.8) is 0 Å². The number of carbonyl (C=O) groups is 1. The first-order valence-electron chi connectivity index (χ1n) is 9.91. The first-order valence-corrected chi connectivity index (χ1v) is 9.91. The summed E-state index contributed by atoms with van der Waals surface area (Å²) in [6.45, 7) is 2.16. The van der Waals surface area contributed by atoms with E-state index in [2.05, 4.69) is 73.7 Å². The first kappa shape index (κ1) is 20.3. The molecule has 0 amide bonds. The zero-order chi connectivity index (χ0) is 20.3. The molecule has 0 atom stereocenters. The third kappa shape index (κ3) is 6.29. The van der Waals surface area contributed by atoms with Crippen LogP contribution in [0.5, 0.6) is 0 Å². The summed E-state index contributed by atoms with van der Waals surface area (Å²) in [5.41, 5.74) is 7.25. The number of benzene rings is 4. The average molecular weight is 379 g/mol. The molecule has 0 spiro atoms. The van der Waals surface area contributed by atoms with E-state index in [0.717, 1.165) is 30.3 Å². The minimum Gasteiger partial charge on any atom is -0.298 e. The lowest BCUT2D eigenvalue weighted by molar-refractivity contribution is 0.112. The highest BCUT2D eigenvalue weighted by atomic mass is 16.1. The van der Waals surface area contributed by atoms with E-state index in [-0.39, 0.29) is 0 Å². The minimum absolute atomic E-state index is 0.779. The molecule has 1 heteroatoms. The lowest BCUT2D eigenvalue weighted by Gasteiger charge is -2.04. The van der Waals surface area contributed by atoms with Crippen LogP contribution in [0.15, 0.2) is 109 Å². The van der Waals surface area contributed by atoms with Crippen molar-refractivity contribution in [2.45, 2.75) is 19.8 Å². The number of hydrogen-bond donors (Lipinski definition) is 0. The summed E-state index contributed by atoms with van der Waals surface area (Å²) in [5.74, 6) is 0. The third-order valence-electron chi connectivity index (χ3n) is 4.92. The van der Waals surface area contributed by atoms with Crippen LogP contribution in [0.4, 0.5) is 0 Å². The number of rotatable bonds is 5. The Balaban J connectivity index is 0.000000166. The molecular formula is C28H26O. The van der Waals surface area contributed by atoms with Crippen LogP contribution in [-0.4, -0.2) is 6.29 Å². The Morgan fingerprint density at radius 3 is 1.55 bits per heavy atom. The van der Waals surface area contributed by atoms with Crippen molar-refractivity contribution < 1.29 is 4.79 Å². The molecule has 4 aromatic rings. The van der Waals surface area contributed by atoms with Gasteiger partial charge in [0.15, 0.2) is 0 Å². The molecule has 0 unspecified atom stereocenters. The number of aryl methyl sites for hydroxylation is 1. The largest absolute Gasteiger partial charge is 0.298 e. The van der Waals surface area contributed by atoms with E-state index in [9.17, 15) is 4.79 Å². The minimum atomic E-state index is 0.779. The van der Waals surface area contributed by atoms with Gasteiger partial charge in [-0.15, -0.1) is 0 Å². The summed E-state index contributed by atoms with van der Waals surface area (Å²) in [6.07, 6.45) is 2.77. The molecule has 0 saturated heterocycles. The molecule has 0 aliphatic carbocycles. The van der Waals surface area contributed by atoms with Crippen LogP contribution in [0.25, 0.3) is 0 Å². The van der Waals surface area contributed by atoms with Gasteiger partial charge in [-0.25, -0.2) is 0 Å². The average Bonchev–Trinajstić information content (AvgIpc) is 2.78. The van der Waals surface area contributed by atoms with Crippen molar-refractivity contribution in [3.8, 4) is 0 Å². The van der Waals surface area contributed by atoms with Gasteiger partial charge in [-0.3, -0.25) is 4.79 Å². The van der Waals surface area contributed by atoms with Crippen LogP contribution < -0.4 is 0 Å². The second-order valence-corrected chi connectivity index (χ2v) is 7.07. The number of carbonyl (C=O) groups excluding carboxylic acids is 1. The normalized spacial score (nSPS) is 9.97. The molecule has 0 N–H and O–H groups in total. The Kier molecular flexibility index (Phi) is 7.54. The summed E-state index contributed by atoms with van der Waals surface area (Å²) >= 11 is 0. The zero-order valence-electron chi connectivity index (χ0n) is 16.8. The Morgan fingerprint density at radius 1 is 0.552 bits per heavy atom. The second-order valence-electron chi connectivity index (χ2n) is 7.07. The molecule has 29 heavy (non-hydrogen) atoms. The molecule has 0 radical (unpaired) electrons. The Hall–Kier alpha value is -3.45. The standard InChI is InChI=1S/C14H12O.C14H14/c15-11-14-9-5-4-8-13(14)10-12-6-2-1-3-7-12;1-12-7-5-6-10-14(12)11-13-8-3-2-4-9-13/h1-9,11H,10H2;2-10H,11H2,1H3. The second kappa shape index (κ2) is 10.8. The van der Waals surface area contributed by atoms with E-state index in [1.165, 1.54) is 22.3 Å². The molecule has 4 rings (SSSR count). The molecule has 0 bridgehead atoms. The smallest absolute Gasteiger partial charge is 0.150 e. The summed E-state index contributed by atoms with van der Waals surface area (Å²) in [7, 11) is 0. The van der Waals surface area contributed by atoms with Crippen LogP contribution in [0.1, 0.15) is 38.2 Å². The van der Waals surface area contributed by atoms with E-state index < -0.39 is 0 Å². The SMILES string of the molecule is Cc1ccccc1Cc1ccccc1.O=Cc1ccccc1Cc1ccccc1. The maximum Gasteiger partial charge on any atom is 0.150 e. The molecule has 0 aliphatic heterocycles. The lowest BCUT2D eigenvalue weighted by atomic mass is 10.0. The van der Waals surface area contributed by atoms with E-state index in [1.807, 2.05) is 42.5 Å². The van der Waals surface area contributed by atoms with Gasteiger partial charge in [-0.2, -0.15) is 0 Å². The van der Waals surface area contributed by atoms with Crippen molar-refractivity contribution >= 4 is 6.29 Å². The van der Waals surface area contributed by atoms with Crippen molar-refractivity contribution in [2.75, 3.05) is 0 Å². The fourth-order valence-electron chi connectivity index (χ4n) is 3.25. The first-order chi connectivity index (χ1) is 14.3. The van der Waals surface area contributed by atoms with Crippen molar-refractivity contribution in [1.82, 2.24) is 0 Å². The highest BCUT2D eigenvalue weighted by Gasteiger charge is 2.01. The molecule has 1 nitrogen and oxygen atoms in total. The van der Waals surface area contributed by atoms with Gasteiger partial charge in [0, 0.05) is 5.56 Å². The Morgan fingerprint density at radius 2 is 1.00 bits per heavy atom. The molecular weight excluding hydrogens is 352 g/mol. The van der Waals surface area contributed by atoms with Gasteiger partial charge in [-0.05, 0) is 47.6 Å². The van der Waals surface area contributed by atoms with E-state index in [4.69, 9.17) is 0 Å². The summed E-state index contributed by atoms with van der Waals surface area (Å²) in [4.78, 5) is 10.8. The van der Waals surface area contributed by atoms with Crippen LogP contribution >= 0.6 is 0 Å². The number of hydrogen-bond acceptors (Lipinski definition) is 1. The van der Waals surface area contributed by atoms with Crippen molar-refractivity contribution in [1.29, 1.82) is 0 Å². The highest BCUT2D eigenvalue weighted by molar-refractivity contribution is 5.77. The van der Waals surface area contributed by atoms with Gasteiger partial charge < -0.3 is 0 Å². The van der Waals surface area contributed by atoms with E-state index in [1.54, 1.807) is 0 Å². The van der Waals surface area contributed by atoms with Gasteiger partial charge in [-0.1, -0.05) is 109 Å². The number of aldehydes is 1. The molecule has 144 valence electrons. The molecule has 0 heterocycles. The Labute approximate surface area is 173 Å². The summed E-state index contributed by atoms with van der Waals surface area (Å²) in [6, 6.07) is 37.0. The maximum atomic E-state index is 10.8. The maximum absolute atomic E-state index is 10.8. The molecule has 0 fully saturated rings. The fraction of sp³-hybridized carbons (Fsp3) is 0.107. The molecule has 0 aromatic heterocycles. The monoisotopic (exact) mass is 378 g/mol. The van der Waals surface area contributed by atoms with Gasteiger partial charge in [0.1, 0.15) is 6.29 Å². The van der Waals surface area contributed by atoms with Crippen LogP contribution in [0.2, 0.25) is 0 Å². The quantitative estimate of drug-likeness (QED) is 0.354. The lowest BCUT2D eigenvalue weighted by Crippen LogP contribution is -1.93. The van der Waals surface area contributed by atoms with E-state index in [0.29, 0.717) is 0 Å². The van der Waals surface area contributed by atoms with Gasteiger partial charge in [0.05, 0.1) is 0 Å². The van der Waals surface area contributed by atoms with Crippen LogP contribution in [0, 0.1) is 6.92 Å². The topological polar surface area (TPSA) is 17.1 Å². The molecule has 0 saturated carbocycles. The van der Waals surface area contributed by atoms with Crippen molar-refractivity contribution in [2.24, 2.45) is 0 Å². The zero-order valence-corrected chi connectivity index (χ0v) is 16.8. The molecule has 0 aliphatic rings. The van der Waals surface area contributed by atoms with Crippen LogP contribution in [0.3, 0.4) is 0 Å². The van der Waals surface area contributed by atoms with Gasteiger partial charge >= 0.3 is 0 Å². The summed E-state index contributed by atoms with van der Waals surface area (Å²) < 4.78 is 0. The highest BCUT2D eigenvalue weighted by Crippen LogP contribution is 2.13. The van der Waals surface area contributed by atoms with Crippen molar-refractivity contribution in [3.05, 3.63) is 143 Å². The predicted molar refractivity (Wildman–Crippen MR) is 122 cm³/mol. The third-order valence-corrected chi connectivity index (χ3v) is 4.92. The fourth-order valence-corrected chi connectivity index (χ4v) is 3.25. The Bertz CT molecular complexity index is 1020. The van der Waals surface area contributed by atoms with E-state index >= 15 is 0 Å². The summed E-state index contributed by atoms with van der Waals surface area (Å²) in [5, 5.41) is 0. The van der Waals surface area contributed by atoms with Gasteiger partial charge in [0.25, 0.3) is 0 Å². The van der Waals surface area contributed by atoms with Gasteiger partial charge in [0.2, 0.25) is 0 Å². The molecule has 4 aromatic carbocycles.